The number of carbonyl (C=O) groups is 1. The van der Waals surface area contributed by atoms with E-state index in [1.807, 2.05) is 12.1 Å². The van der Waals surface area contributed by atoms with Crippen LogP contribution in [0.4, 0.5) is 5.69 Å². The van der Waals surface area contributed by atoms with Crippen molar-refractivity contribution in [2.75, 3.05) is 51.9 Å². The predicted molar refractivity (Wildman–Crippen MR) is 126 cm³/mol. The summed E-state index contributed by atoms with van der Waals surface area (Å²) in [7, 11) is 1.65. The van der Waals surface area contributed by atoms with E-state index < -0.39 is 6.04 Å². The first-order valence-corrected chi connectivity index (χ1v) is 11.6. The van der Waals surface area contributed by atoms with Crippen LogP contribution in [-0.4, -0.2) is 84.3 Å². The van der Waals surface area contributed by atoms with Gasteiger partial charge in [0.05, 0.1) is 38.5 Å². The van der Waals surface area contributed by atoms with Crippen LogP contribution >= 0.6 is 0 Å². The predicted octanol–water partition coefficient (Wildman–Crippen LogP) is 2.06. The Morgan fingerprint density at radius 2 is 1.88 bits per heavy atom. The van der Waals surface area contributed by atoms with Gasteiger partial charge in [-0.1, -0.05) is 0 Å². The Labute approximate surface area is 194 Å². The molecule has 4 N–H and O–H groups in total. The highest BCUT2D eigenvalue weighted by Crippen LogP contribution is 2.40. The van der Waals surface area contributed by atoms with E-state index in [0.29, 0.717) is 18.1 Å². The fourth-order valence-corrected chi connectivity index (χ4v) is 4.54. The Hall–Kier alpha value is -2.62. The molecular formula is C24H35N3O6. The first-order valence-electron chi connectivity index (χ1n) is 11.6. The summed E-state index contributed by atoms with van der Waals surface area (Å²) in [6.07, 6.45) is 6.55. The third-order valence-corrected chi connectivity index (χ3v) is 6.16. The molecule has 0 saturated carbocycles. The van der Waals surface area contributed by atoms with Crippen LogP contribution in [0.5, 0.6) is 11.5 Å². The number of anilines is 1. The van der Waals surface area contributed by atoms with Gasteiger partial charge in [0.2, 0.25) is 0 Å². The van der Waals surface area contributed by atoms with Crippen molar-refractivity contribution in [3.63, 3.8) is 0 Å². The summed E-state index contributed by atoms with van der Waals surface area (Å²) in [6, 6.07) is 3.51. The Balaban J connectivity index is 0.000000968. The lowest BCUT2D eigenvalue weighted by Gasteiger charge is -2.21. The smallest absolute Gasteiger partial charge is 0.290 e. The van der Waals surface area contributed by atoms with Crippen molar-refractivity contribution >= 4 is 23.1 Å². The van der Waals surface area contributed by atoms with E-state index in [1.165, 1.54) is 31.5 Å². The van der Waals surface area contributed by atoms with Crippen molar-refractivity contribution in [1.29, 1.82) is 0 Å². The van der Waals surface area contributed by atoms with Gasteiger partial charge in [-0.2, -0.15) is 0 Å². The average molecular weight is 462 g/mol. The zero-order chi connectivity index (χ0) is 23.6. The molecule has 1 aromatic heterocycles. The number of pyridine rings is 1. The third kappa shape index (κ3) is 6.25. The van der Waals surface area contributed by atoms with Gasteiger partial charge >= 0.3 is 0 Å². The second-order valence-electron chi connectivity index (χ2n) is 8.35. The summed E-state index contributed by atoms with van der Waals surface area (Å²) in [5.74, 6) is 1.39. The monoisotopic (exact) mass is 461 g/mol. The number of benzene rings is 1. The summed E-state index contributed by atoms with van der Waals surface area (Å²) in [5, 5.41) is 30.3. The lowest BCUT2D eigenvalue weighted by Crippen LogP contribution is -2.28. The van der Waals surface area contributed by atoms with Crippen molar-refractivity contribution in [3.05, 3.63) is 23.4 Å². The van der Waals surface area contributed by atoms with Crippen LogP contribution in [-0.2, 0) is 17.6 Å². The maximum atomic E-state index is 9.57. The van der Waals surface area contributed by atoms with Crippen molar-refractivity contribution < 1.29 is 29.6 Å². The number of hydrogen-bond acceptors (Lipinski definition) is 8. The van der Waals surface area contributed by atoms with Crippen LogP contribution < -0.4 is 14.8 Å². The number of aliphatic hydroxyl groups excluding tert-OH is 2. The van der Waals surface area contributed by atoms with Gasteiger partial charge in [0.15, 0.2) is 11.5 Å². The minimum atomic E-state index is -0.409. The van der Waals surface area contributed by atoms with Crippen molar-refractivity contribution in [2.45, 2.75) is 44.6 Å². The fraction of sp³-hybridized carbons (Fsp3) is 0.583. The number of methoxy groups -OCH3 is 1. The fourth-order valence-electron chi connectivity index (χ4n) is 4.54. The highest BCUT2D eigenvalue weighted by atomic mass is 16.5. The SMILES string of the molecule is COc1cc2c(NC(CO)CO)c3c(nc2cc1OCCCN1CCCC1)CCC3.O=CO. The van der Waals surface area contributed by atoms with Gasteiger partial charge in [-0.15, -0.1) is 0 Å². The molecule has 9 heteroatoms. The summed E-state index contributed by atoms with van der Waals surface area (Å²) in [4.78, 5) is 15.7. The topological polar surface area (TPSA) is 124 Å². The second kappa shape index (κ2) is 12.6. The second-order valence-corrected chi connectivity index (χ2v) is 8.35. The van der Waals surface area contributed by atoms with Crippen LogP contribution in [0.15, 0.2) is 12.1 Å². The number of hydrogen-bond donors (Lipinski definition) is 4. The molecular weight excluding hydrogens is 426 g/mol. The van der Waals surface area contributed by atoms with E-state index in [2.05, 4.69) is 10.2 Å². The van der Waals surface area contributed by atoms with E-state index in [4.69, 9.17) is 24.4 Å². The number of aliphatic hydroxyl groups is 2. The Kier molecular flexibility index (Phi) is 9.53. The number of aryl methyl sites for hydroxylation is 1. The maximum absolute atomic E-state index is 9.57. The van der Waals surface area contributed by atoms with Gasteiger partial charge in [0.1, 0.15) is 0 Å². The summed E-state index contributed by atoms with van der Waals surface area (Å²) >= 11 is 0. The summed E-state index contributed by atoms with van der Waals surface area (Å²) < 4.78 is 11.7. The maximum Gasteiger partial charge on any atom is 0.290 e. The van der Waals surface area contributed by atoms with E-state index >= 15 is 0 Å². The first kappa shape index (κ1) is 25.0. The lowest BCUT2D eigenvalue weighted by atomic mass is 10.0. The molecule has 1 saturated heterocycles. The molecule has 182 valence electrons. The van der Waals surface area contributed by atoms with Gasteiger partial charge in [-0.05, 0) is 63.2 Å². The van der Waals surface area contributed by atoms with Crippen molar-refractivity contribution in [3.8, 4) is 11.5 Å². The van der Waals surface area contributed by atoms with Gasteiger partial charge in [0, 0.05) is 29.4 Å². The normalized spacial score (nSPS) is 15.3. The molecule has 0 bridgehead atoms. The minimum Gasteiger partial charge on any atom is -0.493 e. The number of nitrogens with zero attached hydrogens (tertiary/aromatic N) is 2. The standard InChI is InChI=1S/C23H33N3O4.CH2O2/c1-29-21-12-18-20(13-22(21)30-11-5-10-26-8-2-3-9-26)25-19-7-4-6-17(19)23(18)24-16(14-27)15-28;2-1-3/h12-13,16,27-28H,2-11,14-15H2,1H3,(H,24,25);1H,(H,2,3). The molecule has 1 aromatic carbocycles. The van der Waals surface area contributed by atoms with E-state index in [-0.39, 0.29) is 19.7 Å². The summed E-state index contributed by atoms with van der Waals surface area (Å²) in [6.45, 7) is 3.60. The highest BCUT2D eigenvalue weighted by Gasteiger charge is 2.23. The molecule has 0 radical (unpaired) electrons. The largest absolute Gasteiger partial charge is 0.493 e. The van der Waals surface area contributed by atoms with Crippen LogP contribution in [0.2, 0.25) is 0 Å². The molecule has 4 rings (SSSR count). The number of aromatic nitrogens is 1. The molecule has 33 heavy (non-hydrogen) atoms. The van der Waals surface area contributed by atoms with Crippen LogP contribution in [0.25, 0.3) is 10.9 Å². The Morgan fingerprint density at radius 3 is 2.55 bits per heavy atom. The van der Waals surface area contributed by atoms with Crippen molar-refractivity contribution in [1.82, 2.24) is 9.88 Å². The van der Waals surface area contributed by atoms with E-state index in [9.17, 15) is 10.2 Å². The highest BCUT2D eigenvalue weighted by molar-refractivity contribution is 5.96. The number of ether oxygens (including phenoxy) is 2. The Morgan fingerprint density at radius 1 is 1.15 bits per heavy atom. The average Bonchev–Trinajstić information content (AvgIpc) is 3.51. The first-order chi connectivity index (χ1) is 16.1. The quantitative estimate of drug-likeness (QED) is 0.311. The molecule has 0 amide bonds. The molecule has 2 aliphatic rings. The molecule has 2 aromatic rings. The zero-order valence-corrected chi connectivity index (χ0v) is 19.3. The number of fused-ring (bicyclic) bond motifs is 2. The number of carboxylic acid groups (broad SMARTS) is 1. The number of nitrogens with one attached hydrogen (secondary N) is 1. The molecule has 0 spiro atoms. The van der Waals surface area contributed by atoms with Crippen LogP contribution in [0, 0.1) is 0 Å². The molecule has 2 heterocycles. The molecule has 1 aliphatic heterocycles. The molecule has 1 fully saturated rings. The van der Waals surface area contributed by atoms with E-state index in [0.717, 1.165) is 54.5 Å². The minimum absolute atomic E-state index is 0.134. The van der Waals surface area contributed by atoms with Gasteiger partial charge in [0.25, 0.3) is 6.47 Å². The van der Waals surface area contributed by atoms with Crippen LogP contribution in [0.3, 0.4) is 0 Å². The number of rotatable bonds is 10. The molecule has 0 unspecified atom stereocenters. The van der Waals surface area contributed by atoms with Crippen molar-refractivity contribution in [2.24, 2.45) is 0 Å². The Bertz CT molecular complexity index is 913. The lowest BCUT2D eigenvalue weighted by molar-refractivity contribution is -0.122. The number of likely N-dealkylation sites (tertiary alicyclic amines) is 1. The van der Waals surface area contributed by atoms with Gasteiger partial charge in [-0.3, -0.25) is 9.78 Å². The summed E-state index contributed by atoms with van der Waals surface area (Å²) in [5.41, 5.74) is 4.06. The molecule has 0 atom stereocenters. The molecule has 9 nitrogen and oxygen atoms in total. The third-order valence-electron chi connectivity index (χ3n) is 6.16. The van der Waals surface area contributed by atoms with Gasteiger partial charge < -0.3 is 35.0 Å². The zero-order valence-electron chi connectivity index (χ0n) is 19.3. The molecule has 1 aliphatic carbocycles. The van der Waals surface area contributed by atoms with Crippen LogP contribution in [0.1, 0.15) is 36.9 Å². The van der Waals surface area contributed by atoms with Gasteiger partial charge in [-0.25, -0.2) is 0 Å². The van der Waals surface area contributed by atoms with E-state index in [1.54, 1.807) is 7.11 Å².